The van der Waals surface area contributed by atoms with Crippen molar-refractivity contribution in [1.29, 1.82) is 0 Å². The van der Waals surface area contributed by atoms with Crippen molar-refractivity contribution >= 4 is 23.4 Å². The number of carbonyl (C=O) groups excluding carboxylic acids is 3. The van der Waals surface area contributed by atoms with Gasteiger partial charge in [0.15, 0.2) is 0 Å². The zero-order valence-corrected chi connectivity index (χ0v) is 12.5. The van der Waals surface area contributed by atoms with Gasteiger partial charge in [0.25, 0.3) is 17.5 Å². The normalized spacial score (nSPS) is 18.3. The molecule has 3 amide bonds. The van der Waals surface area contributed by atoms with Gasteiger partial charge < -0.3 is 4.90 Å². The van der Waals surface area contributed by atoms with E-state index < -0.39 is 16.7 Å². The SMILES string of the molecule is CC(=O)N1CCC(N2C(=O)c3cccc([N+](=O)[O-])c3C2=O)CC1. The molecule has 0 aromatic heterocycles. The number of benzene rings is 1. The summed E-state index contributed by atoms with van der Waals surface area (Å²) in [6, 6.07) is 3.74. The number of nitro groups is 1. The molecular weight excluding hydrogens is 302 g/mol. The average Bonchev–Trinajstić information content (AvgIpc) is 2.79. The molecule has 0 atom stereocenters. The highest BCUT2D eigenvalue weighted by Crippen LogP contribution is 2.33. The Kier molecular flexibility index (Phi) is 3.59. The van der Waals surface area contributed by atoms with E-state index in [0.29, 0.717) is 25.9 Å². The number of likely N-dealkylation sites (tertiary alicyclic amines) is 1. The number of nitrogens with zero attached hydrogens (tertiary/aromatic N) is 3. The molecule has 0 saturated carbocycles. The molecule has 1 aromatic carbocycles. The van der Waals surface area contributed by atoms with E-state index in [0.717, 1.165) is 4.90 Å². The number of imide groups is 1. The van der Waals surface area contributed by atoms with Crippen molar-refractivity contribution in [3.63, 3.8) is 0 Å². The molecule has 2 aliphatic heterocycles. The summed E-state index contributed by atoms with van der Waals surface area (Å²) in [6.07, 6.45) is 0.970. The van der Waals surface area contributed by atoms with Crippen molar-refractivity contribution < 1.29 is 19.3 Å². The Morgan fingerprint density at radius 1 is 1.22 bits per heavy atom. The molecule has 2 heterocycles. The van der Waals surface area contributed by atoms with E-state index in [9.17, 15) is 24.5 Å². The van der Waals surface area contributed by atoms with Gasteiger partial charge >= 0.3 is 0 Å². The third-order valence-corrected chi connectivity index (χ3v) is 4.40. The fourth-order valence-corrected chi connectivity index (χ4v) is 3.21. The molecule has 8 heteroatoms. The molecule has 0 aliphatic carbocycles. The highest BCUT2D eigenvalue weighted by atomic mass is 16.6. The fourth-order valence-electron chi connectivity index (χ4n) is 3.21. The number of hydrogen-bond acceptors (Lipinski definition) is 5. The van der Waals surface area contributed by atoms with Crippen molar-refractivity contribution in [2.24, 2.45) is 0 Å². The van der Waals surface area contributed by atoms with Gasteiger partial charge in [0.1, 0.15) is 5.56 Å². The maximum Gasteiger partial charge on any atom is 0.282 e. The molecule has 0 unspecified atom stereocenters. The zero-order valence-electron chi connectivity index (χ0n) is 12.5. The molecule has 23 heavy (non-hydrogen) atoms. The first-order valence-electron chi connectivity index (χ1n) is 7.32. The average molecular weight is 317 g/mol. The lowest BCUT2D eigenvalue weighted by Gasteiger charge is -2.35. The van der Waals surface area contributed by atoms with Crippen molar-refractivity contribution in [3.8, 4) is 0 Å². The second kappa shape index (κ2) is 5.45. The number of carbonyl (C=O) groups is 3. The lowest BCUT2D eigenvalue weighted by Crippen LogP contribution is -2.48. The van der Waals surface area contributed by atoms with Gasteiger partial charge in [0.05, 0.1) is 10.5 Å². The highest BCUT2D eigenvalue weighted by Gasteiger charge is 2.44. The first-order valence-corrected chi connectivity index (χ1v) is 7.32. The van der Waals surface area contributed by atoms with E-state index in [1.54, 1.807) is 4.90 Å². The highest BCUT2D eigenvalue weighted by molar-refractivity contribution is 6.23. The Morgan fingerprint density at radius 2 is 1.87 bits per heavy atom. The summed E-state index contributed by atoms with van der Waals surface area (Å²) < 4.78 is 0. The number of rotatable bonds is 2. The summed E-state index contributed by atoms with van der Waals surface area (Å²) in [5.41, 5.74) is -0.390. The second-order valence-corrected chi connectivity index (χ2v) is 5.67. The number of piperidine rings is 1. The smallest absolute Gasteiger partial charge is 0.282 e. The monoisotopic (exact) mass is 317 g/mol. The Balaban J connectivity index is 1.88. The van der Waals surface area contributed by atoms with E-state index >= 15 is 0 Å². The lowest BCUT2D eigenvalue weighted by atomic mass is 10.0. The summed E-state index contributed by atoms with van der Waals surface area (Å²) in [5.74, 6) is -1.14. The van der Waals surface area contributed by atoms with Gasteiger partial charge in [-0.2, -0.15) is 0 Å². The van der Waals surface area contributed by atoms with E-state index in [-0.39, 0.29) is 28.8 Å². The largest absolute Gasteiger partial charge is 0.343 e. The van der Waals surface area contributed by atoms with Crippen LogP contribution in [0.4, 0.5) is 5.69 Å². The Bertz CT molecular complexity index is 722. The zero-order chi connectivity index (χ0) is 16.7. The summed E-state index contributed by atoms with van der Waals surface area (Å²) in [6.45, 7) is 2.41. The van der Waals surface area contributed by atoms with Gasteiger partial charge in [-0.1, -0.05) is 6.07 Å². The molecular formula is C15H15N3O5. The number of amides is 3. The standard InChI is InChI=1S/C15H15N3O5/c1-9(19)16-7-5-10(6-8-16)17-14(20)11-3-2-4-12(18(22)23)13(11)15(17)21/h2-4,10H,5-8H2,1H3. The predicted molar refractivity (Wildman–Crippen MR) is 78.9 cm³/mol. The van der Waals surface area contributed by atoms with E-state index in [1.165, 1.54) is 25.1 Å². The van der Waals surface area contributed by atoms with Gasteiger partial charge in [0, 0.05) is 32.1 Å². The molecule has 0 bridgehead atoms. The Morgan fingerprint density at radius 3 is 2.43 bits per heavy atom. The molecule has 3 rings (SSSR count). The molecule has 0 radical (unpaired) electrons. The predicted octanol–water partition coefficient (Wildman–Crippen LogP) is 1.20. The van der Waals surface area contributed by atoms with Crippen molar-refractivity contribution in [1.82, 2.24) is 9.80 Å². The first-order chi connectivity index (χ1) is 10.9. The van der Waals surface area contributed by atoms with E-state index in [1.807, 2.05) is 0 Å². The third kappa shape index (κ3) is 2.36. The fraction of sp³-hybridized carbons (Fsp3) is 0.400. The van der Waals surface area contributed by atoms with Gasteiger partial charge in [-0.3, -0.25) is 29.4 Å². The Labute approximate surface area is 131 Å². The van der Waals surface area contributed by atoms with Crippen LogP contribution in [0.3, 0.4) is 0 Å². The summed E-state index contributed by atoms with van der Waals surface area (Å²) in [5, 5.41) is 11.1. The van der Waals surface area contributed by atoms with E-state index in [4.69, 9.17) is 0 Å². The van der Waals surface area contributed by atoms with Gasteiger partial charge in [0.2, 0.25) is 5.91 Å². The summed E-state index contributed by atoms with van der Waals surface area (Å²) in [7, 11) is 0. The minimum atomic E-state index is -0.647. The van der Waals surface area contributed by atoms with Crippen LogP contribution in [-0.4, -0.2) is 51.6 Å². The molecule has 1 saturated heterocycles. The topological polar surface area (TPSA) is 101 Å². The van der Waals surface area contributed by atoms with E-state index in [2.05, 4.69) is 0 Å². The molecule has 1 aromatic rings. The number of nitro benzene ring substituents is 1. The van der Waals surface area contributed by atoms with Crippen molar-refractivity contribution in [3.05, 3.63) is 39.4 Å². The van der Waals surface area contributed by atoms with Crippen LogP contribution in [0.2, 0.25) is 0 Å². The minimum absolute atomic E-state index is 0.0403. The van der Waals surface area contributed by atoms with Crippen LogP contribution in [0.25, 0.3) is 0 Å². The van der Waals surface area contributed by atoms with Crippen molar-refractivity contribution in [2.45, 2.75) is 25.8 Å². The Hall–Kier alpha value is -2.77. The van der Waals surface area contributed by atoms with Gasteiger partial charge in [-0.25, -0.2) is 0 Å². The molecule has 2 aliphatic rings. The molecule has 0 N–H and O–H groups in total. The summed E-state index contributed by atoms with van der Waals surface area (Å²) >= 11 is 0. The number of hydrogen-bond donors (Lipinski definition) is 0. The van der Waals surface area contributed by atoms with Crippen LogP contribution < -0.4 is 0 Å². The molecule has 0 spiro atoms. The summed E-state index contributed by atoms with van der Waals surface area (Å²) in [4.78, 5) is 49.7. The minimum Gasteiger partial charge on any atom is -0.343 e. The van der Waals surface area contributed by atoms with Crippen LogP contribution in [-0.2, 0) is 4.79 Å². The van der Waals surface area contributed by atoms with Crippen LogP contribution in [0, 0.1) is 10.1 Å². The quantitative estimate of drug-likeness (QED) is 0.463. The van der Waals surface area contributed by atoms with Gasteiger partial charge in [-0.05, 0) is 18.9 Å². The number of fused-ring (bicyclic) bond motifs is 1. The van der Waals surface area contributed by atoms with Crippen molar-refractivity contribution in [2.75, 3.05) is 13.1 Å². The third-order valence-electron chi connectivity index (χ3n) is 4.40. The van der Waals surface area contributed by atoms with Gasteiger partial charge in [-0.15, -0.1) is 0 Å². The molecule has 8 nitrogen and oxygen atoms in total. The van der Waals surface area contributed by atoms with Crippen LogP contribution in [0.5, 0.6) is 0 Å². The molecule has 1 fully saturated rings. The van der Waals surface area contributed by atoms with Crippen LogP contribution in [0.1, 0.15) is 40.5 Å². The van der Waals surface area contributed by atoms with Crippen LogP contribution >= 0.6 is 0 Å². The first kappa shape index (κ1) is 15.1. The maximum absolute atomic E-state index is 12.6. The maximum atomic E-state index is 12.6. The molecule has 120 valence electrons. The second-order valence-electron chi connectivity index (χ2n) is 5.67. The lowest BCUT2D eigenvalue weighted by molar-refractivity contribution is -0.385. The van der Waals surface area contributed by atoms with Crippen LogP contribution in [0.15, 0.2) is 18.2 Å².